The first-order valence-corrected chi connectivity index (χ1v) is 9.70. The molecule has 3 aliphatic heterocycles. The number of aliphatic hydroxyl groups excluding tert-OH is 1. The molecule has 2 unspecified atom stereocenters. The van der Waals surface area contributed by atoms with Gasteiger partial charge >= 0.3 is 0 Å². The van der Waals surface area contributed by atoms with Gasteiger partial charge in [0.25, 0.3) is 0 Å². The van der Waals surface area contributed by atoms with Gasteiger partial charge in [0.2, 0.25) is 0 Å². The molecule has 5 rings (SSSR count). The third kappa shape index (κ3) is 2.54. The van der Waals surface area contributed by atoms with E-state index in [0.29, 0.717) is 6.61 Å². The number of ether oxygens (including phenoxy) is 5. The highest BCUT2D eigenvalue weighted by Crippen LogP contribution is 2.47. The van der Waals surface area contributed by atoms with Crippen LogP contribution in [-0.2, 0) is 23.7 Å². The first-order valence-electron chi connectivity index (χ1n) is 9.70. The van der Waals surface area contributed by atoms with Gasteiger partial charge < -0.3 is 28.8 Å². The van der Waals surface area contributed by atoms with Crippen molar-refractivity contribution in [3.05, 3.63) is 0 Å². The molecule has 6 nitrogen and oxygen atoms in total. The molecule has 0 aromatic heterocycles. The van der Waals surface area contributed by atoms with Crippen LogP contribution in [0.2, 0.25) is 0 Å². The fraction of sp³-hybridized carbons (Fsp3) is 1.00. The Hall–Kier alpha value is -0.240. The summed E-state index contributed by atoms with van der Waals surface area (Å²) >= 11 is 0. The van der Waals surface area contributed by atoms with Crippen LogP contribution >= 0.6 is 0 Å². The van der Waals surface area contributed by atoms with Gasteiger partial charge in [-0.3, -0.25) is 0 Å². The molecular weight excluding hydrogens is 312 g/mol. The van der Waals surface area contributed by atoms with Gasteiger partial charge in [-0.05, 0) is 25.7 Å². The summed E-state index contributed by atoms with van der Waals surface area (Å²) < 4.78 is 30.5. The normalized spacial score (nSPS) is 46.6. The Morgan fingerprint density at radius 3 is 2.04 bits per heavy atom. The van der Waals surface area contributed by atoms with Crippen LogP contribution in [0, 0.1) is 0 Å². The fourth-order valence-electron chi connectivity index (χ4n) is 5.09. The van der Waals surface area contributed by atoms with Crippen molar-refractivity contribution in [1.29, 1.82) is 0 Å². The van der Waals surface area contributed by atoms with Crippen LogP contribution in [0.25, 0.3) is 0 Å². The lowest BCUT2D eigenvalue weighted by Gasteiger charge is -2.34. The smallest absolute Gasteiger partial charge is 0.190 e. The molecule has 0 radical (unpaired) electrons. The molecule has 0 amide bonds. The number of fused-ring (bicyclic) bond motifs is 1. The average molecular weight is 340 g/mol. The summed E-state index contributed by atoms with van der Waals surface area (Å²) in [6.45, 7) is 0.478. The van der Waals surface area contributed by atoms with Crippen LogP contribution in [-0.4, -0.2) is 54.0 Å². The molecule has 2 spiro atoms. The zero-order valence-electron chi connectivity index (χ0n) is 14.2. The monoisotopic (exact) mass is 340 g/mol. The minimum absolute atomic E-state index is 0.238. The van der Waals surface area contributed by atoms with E-state index in [9.17, 15) is 5.11 Å². The molecule has 5 aliphatic rings. The average Bonchev–Trinajstić information content (AvgIpc) is 3.23. The van der Waals surface area contributed by atoms with Gasteiger partial charge in [-0.25, -0.2) is 0 Å². The van der Waals surface area contributed by atoms with E-state index in [4.69, 9.17) is 23.7 Å². The Bertz CT molecular complexity index is 470. The summed E-state index contributed by atoms with van der Waals surface area (Å²) in [7, 11) is 0. The Morgan fingerprint density at radius 2 is 1.38 bits per heavy atom. The minimum atomic E-state index is -0.719. The maximum Gasteiger partial charge on any atom is 0.190 e. The lowest BCUT2D eigenvalue weighted by molar-refractivity contribution is -0.259. The minimum Gasteiger partial charge on any atom is -0.387 e. The first kappa shape index (κ1) is 16.0. The molecule has 0 bridgehead atoms. The van der Waals surface area contributed by atoms with E-state index in [1.807, 2.05) is 0 Å². The maximum absolute atomic E-state index is 10.8. The van der Waals surface area contributed by atoms with E-state index in [1.165, 1.54) is 12.8 Å². The van der Waals surface area contributed by atoms with Crippen LogP contribution in [0.1, 0.15) is 64.2 Å². The molecule has 24 heavy (non-hydrogen) atoms. The molecule has 5 atom stereocenters. The molecule has 3 saturated heterocycles. The highest BCUT2D eigenvalue weighted by atomic mass is 16.8. The SMILES string of the molecule is O[C@@H]1C2OC3(CCCCC3)O[C@@H]2O[C@H]1C1COC2(CCCCC2)O1. The number of rotatable bonds is 1. The molecule has 6 heteroatoms. The highest BCUT2D eigenvalue weighted by Gasteiger charge is 2.60. The number of hydrogen-bond acceptors (Lipinski definition) is 6. The van der Waals surface area contributed by atoms with E-state index >= 15 is 0 Å². The standard InChI is InChI=1S/C18H28O6/c19-13-14(12-11-20-17(22-12)7-3-1-4-8-17)21-16-15(13)23-18(24-16)9-5-2-6-10-18/h12-16,19H,1-11H2/t12?,13-,14-,15?,16-/m0/s1. The van der Waals surface area contributed by atoms with Crippen LogP contribution in [0.3, 0.4) is 0 Å². The summed E-state index contributed by atoms with van der Waals surface area (Å²) in [5, 5.41) is 10.8. The Labute approximate surface area is 142 Å². The van der Waals surface area contributed by atoms with Crippen molar-refractivity contribution in [2.24, 2.45) is 0 Å². The van der Waals surface area contributed by atoms with E-state index in [1.54, 1.807) is 0 Å². The van der Waals surface area contributed by atoms with Gasteiger partial charge in [-0.15, -0.1) is 0 Å². The van der Waals surface area contributed by atoms with Gasteiger partial charge in [0.05, 0.1) is 6.61 Å². The molecule has 2 aliphatic carbocycles. The quantitative estimate of drug-likeness (QED) is 0.789. The molecule has 0 aromatic carbocycles. The third-order valence-corrected chi connectivity index (χ3v) is 6.39. The van der Waals surface area contributed by atoms with Crippen LogP contribution in [0.4, 0.5) is 0 Å². The zero-order chi connectivity index (χ0) is 16.2. The summed E-state index contributed by atoms with van der Waals surface area (Å²) in [4.78, 5) is 0. The van der Waals surface area contributed by atoms with E-state index < -0.39 is 36.2 Å². The highest BCUT2D eigenvalue weighted by molar-refractivity contribution is 5.00. The maximum atomic E-state index is 10.8. The van der Waals surface area contributed by atoms with E-state index in [2.05, 4.69) is 0 Å². The lowest BCUT2D eigenvalue weighted by Crippen LogP contribution is -2.44. The molecule has 5 fully saturated rings. The topological polar surface area (TPSA) is 66.4 Å². The Morgan fingerprint density at radius 1 is 0.708 bits per heavy atom. The first-order chi connectivity index (χ1) is 11.7. The molecular formula is C18H28O6. The Balaban J connectivity index is 1.24. The summed E-state index contributed by atoms with van der Waals surface area (Å²) in [6.07, 6.45) is 8.38. The summed E-state index contributed by atoms with van der Waals surface area (Å²) in [5.41, 5.74) is 0. The second kappa shape index (κ2) is 5.89. The number of hydrogen-bond donors (Lipinski definition) is 1. The largest absolute Gasteiger partial charge is 0.387 e. The van der Waals surface area contributed by atoms with Gasteiger partial charge in [-0.2, -0.15) is 0 Å². The predicted molar refractivity (Wildman–Crippen MR) is 83.1 cm³/mol. The van der Waals surface area contributed by atoms with Crippen molar-refractivity contribution in [2.45, 2.75) is 106 Å². The van der Waals surface area contributed by atoms with Crippen molar-refractivity contribution in [1.82, 2.24) is 0 Å². The van der Waals surface area contributed by atoms with Gasteiger partial charge in [0.15, 0.2) is 17.9 Å². The molecule has 3 heterocycles. The van der Waals surface area contributed by atoms with Gasteiger partial charge in [0, 0.05) is 25.7 Å². The van der Waals surface area contributed by atoms with Crippen LogP contribution in [0.5, 0.6) is 0 Å². The predicted octanol–water partition coefficient (Wildman–Crippen LogP) is 2.22. The second-order valence-corrected chi connectivity index (χ2v) is 8.07. The van der Waals surface area contributed by atoms with Crippen LogP contribution in [0.15, 0.2) is 0 Å². The fourth-order valence-corrected chi connectivity index (χ4v) is 5.09. The zero-order valence-corrected chi connectivity index (χ0v) is 14.2. The van der Waals surface area contributed by atoms with Crippen molar-refractivity contribution in [3.8, 4) is 0 Å². The molecule has 136 valence electrons. The van der Waals surface area contributed by atoms with Crippen molar-refractivity contribution in [2.75, 3.05) is 6.61 Å². The molecule has 0 aromatic rings. The van der Waals surface area contributed by atoms with Gasteiger partial charge in [-0.1, -0.05) is 12.8 Å². The molecule has 2 saturated carbocycles. The summed E-state index contributed by atoms with van der Waals surface area (Å²) in [6, 6.07) is 0. The van der Waals surface area contributed by atoms with E-state index in [-0.39, 0.29) is 6.10 Å². The van der Waals surface area contributed by atoms with E-state index in [0.717, 1.165) is 51.4 Å². The van der Waals surface area contributed by atoms with Crippen LogP contribution < -0.4 is 0 Å². The molecule has 1 N–H and O–H groups in total. The van der Waals surface area contributed by atoms with Crippen molar-refractivity contribution >= 4 is 0 Å². The third-order valence-electron chi connectivity index (χ3n) is 6.39. The second-order valence-electron chi connectivity index (χ2n) is 8.07. The Kier molecular flexibility index (Phi) is 3.92. The van der Waals surface area contributed by atoms with Crippen molar-refractivity contribution in [3.63, 3.8) is 0 Å². The summed E-state index contributed by atoms with van der Waals surface area (Å²) in [5.74, 6) is -0.979. The van der Waals surface area contributed by atoms with Crippen molar-refractivity contribution < 1.29 is 28.8 Å². The van der Waals surface area contributed by atoms with Gasteiger partial charge in [0.1, 0.15) is 24.4 Å². The lowest BCUT2D eigenvalue weighted by atomic mass is 9.94. The number of aliphatic hydroxyl groups is 1.